The van der Waals surface area contributed by atoms with Crippen LogP contribution < -0.4 is 0 Å². The maximum atomic E-state index is 11.4. The fourth-order valence-electron chi connectivity index (χ4n) is 2.64. The van der Waals surface area contributed by atoms with Crippen molar-refractivity contribution < 1.29 is 19.4 Å². The molecule has 0 spiro atoms. The summed E-state index contributed by atoms with van der Waals surface area (Å²) in [5.74, 6) is 0.140. The van der Waals surface area contributed by atoms with Crippen molar-refractivity contribution in [1.82, 2.24) is 0 Å². The van der Waals surface area contributed by atoms with Gasteiger partial charge in [-0.1, -0.05) is 74.5 Å². The number of hydrogen-bond donors (Lipinski definition) is 1. The SMILES string of the molecule is CC(CO)C(=O)c1ccccc1.CC1COCOC1c1ccccc1. The molecule has 0 bridgehead atoms. The molecule has 1 aliphatic rings. The summed E-state index contributed by atoms with van der Waals surface area (Å²) in [4.78, 5) is 11.4. The molecule has 3 atom stereocenters. The minimum Gasteiger partial charge on any atom is -0.396 e. The van der Waals surface area contributed by atoms with Crippen molar-refractivity contribution in [2.75, 3.05) is 20.0 Å². The Morgan fingerprint density at radius 3 is 2.28 bits per heavy atom. The van der Waals surface area contributed by atoms with Gasteiger partial charge in [-0.3, -0.25) is 4.79 Å². The Hall–Kier alpha value is -2.01. The maximum absolute atomic E-state index is 11.4. The van der Waals surface area contributed by atoms with Gasteiger partial charge in [-0.25, -0.2) is 0 Å². The van der Waals surface area contributed by atoms with Crippen LogP contribution in [0, 0.1) is 11.8 Å². The first-order valence-electron chi connectivity index (χ1n) is 8.58. The molecule has 1 heterocycles. The fraction of sp³-hybridized carbons (Fsp3) is 0.381. The number of carbonyl (C=O) groups is 1. The van der Waals surface area contributed by atoms with Crippen LogP contribution in [0.4, 0.5) is 0 Å². The largest absolute Gasteiger partial charge is 0.396 e. The van der Waals surface area contributed by atoms with Gasteiger partial charge in [-0.2, -0.15) is 0 Å². The van der Waals surface area contributed by atoms with Gasteiger partial charge < -0.3 is 14.6 Å². The van der Waals surface area contributed by atoms with Crippen molar-refractivity contribution in [3.05, 3.63) is 71.8 Å². The first kappa shape index (κ1) is 19.3. The molecule has 3 unspecified atom stereocenters. The topological polar surface area (TPSA) is 55.8 Å². The van der Waals surface area contributed by atoms with Crippen LogP contribution >= 0.6 is 0 Å². The van der Waals surface area contributed by atoms with Crippen LogP contribution in [-0.4, -0.2) is 30.9 Å². The minimum absolute atomic E-state index is 0.00176. The Balaban J connectivity index is 0.000000181. The summed E-state index contributed by atoms with van der Waals surface area (Å²) < 4.78 is 10.8. The quantitative estimate of drug-likeness (QED) is 0.857. The molecule has 0 radical (unpaired) electrons. The number of aliphatic hydroxyl groups excluding tert-OH is 1. The summed E-state index contributed by atoms with van der Waals surface area (Å²) in [6.07, 6.45) is 0.204. The smallest absolute Gasteiger partial charge is 0.167 e. The van der Waals surface area contributed by atoms with Crippen molar-refractivity contribution in [3.63, 3.8) is 0 Å². The highest BCUT2D eigenvalue weighted by molar-refractivity contribution is 5.97. The summed E-state index contributed by atoms with van der Waals surface area (Å²) in [6, 6.07) is 19.3. The van der Waals surface area contributed by atoms with Crippen LogP contribution in [0.15, 0.2) is 60.7 Å². The highest BCUT2D eigenvalue weighted by Gasteiger charge is 2.23. The van der Waals surface area contributed by atoms with Crippen LogP contribution in [0.3, 0.4) is 0 Å². The summed E-state index contributed by atoms with van der Waals surface area (Å²) in [7, 11) is 0. The van der Waals surface area contributed by atoms with E-state index in [2.05, 4.69) is 19.1 Å². The predicted molar refractivity (Wildman–Crippen MR) is 97.3 cm³/mol. The standard InChI is InChI=1S/C11H14O2.C10H12O2/c1-9-7-12-8-13-11(9)10-5-3-2-4-6-10;1-8(7-11)10(12)9-5-3-2-4-6-9/h2-6,9,11H,7-8H2,1H3;2-6,8,11H,7H2,1H3. The van der Waals surface area contributed by atoms with Gasteiger partial charge >= 0.3 is 0 Å². The number of ketones is 1. The van der Waals surface area contributed by atoms with Crippen LogP contribution in [-0.2, 0) is 9.47 Å². The highest BCUT2D eigenvalue weighted by atomic mass is 16.7. The van der Waals surface area contributed by atoms with Crippen molar-refractivity contribution >= 4 is 5.78 Å². The van der Waals surface area contributed by atoms with Crippen LogP contribution in [0.2, 0.25) is 0 Å². The average Bonchev–Trinajstić information content (AvgIpc) is 2.69. The lowest BCUT2D eigenvalue weighted by molar-refractivity contribution is -0.168. The van der Waals surface area contributed by atoms with Gasteiger partial charge in [0.25, 0.3) is 0 Å². The molecular formula is C21H26O4. The number of rotatable bonds is 4. The molecule has 0 amide bonds. The Kier molecular flexibility index (Phi) is 7.79. The number of benzene rings is 2. The van der Waals surface area contributed by atoms with E-state index in [1.165, 1.54) is 5.56 Å². The molecule has 2 aromatic rings. The van der Waals surface area contributed by atoms with Crippen molar-refractivity contribution in [2.45, 2.75) is 20.0 Å². The first-order valence-corrected chi connectivity index (χ1v) is 8.58. The van der Waals surface area contributed by atoms with E-state index < -0.39 is 0 Å². The Bertz CT molecular complexity index is 627. The molecule has 1 fully saturated rings. The van der Waals surface area contributed by atoms with Crippen molar-refractivity contribution in [1.29, 1.82) is 0 Å². The zero-order chi connectivity index (χ0) is 18.1. The zero-order valence-electron chi connectivity index (χ0n) is 14.8. The van der Waals surface area contributed by atoms with Gasteiger partial charge in [0.15, 0.2) is 5.78 Å². The fourth-order valence-corrected chi connectivity index (χ4v) is 2.64. The monoisotopic (exact) mass is 342 g/mol. The number of aliphatic hydroxyl groups is 1. The third kappa shape index (κ3) is 5.78. The first-order chi connectivity index (χ1) is 12.1. The third-order valence-corrected chi connectivity index (χ3v) is 4.14. The van der Waals surface area contributed by atoms with E-state index in [0.29, 0.717) is 18.3 Å². The Morgan fingerprint density at radius 1 is 1.12 bits per heavy atom. The number of Topliss-reactive ketones (excluding diaryl/α,β-unsaturated/α-hetero) is 1. The highest BCUT2D eigenvalue weighted by Crippen LogP contribution is 2.28. The lowest BCUT2D eigenvalue weighted by Crippen LogP contribution is -2.25. The molecule has 2 aromatic carbocycles. The molecule has 25 heavy (non-hydrogen) atoms. The molecular weight excluding hydrogens is 316 g/mol. The van der Waals surface area contributed by atoms with E-state index in [9.17, 15) is 4.79 Å². The van der Waals surface area contributed by atoms with Gasteiger partial charge in [0.2, 0.25) is 0 Å². The minimum atomic E-state index is -0.299. The van der Waals surface area contributed by atoms with E-state index in [0.717, 1.165) is 6.61 Å². The molecule has 3 rings (SSSR count). The second-order valence-corrected chi connectivity index (χ2v) is 6.28. The van der Waals surface area contributed by atoms with Crippen molar-refractivity contribution in [3.8, 4) is 0 Å². The molecule has 4 nitrogen and oxygen atoms in total. The van der Waals surface area contributed by atoms with E-state index >= 15 is 0 Å². The molecule has 1 aliphatic heterocycles. The third-order valence-electron chi connectivity index (χ3n) is 4.14. The summed E-state index contributed by atoms with van der Waals surface area (Å²) in [5, 5.41) is 8.75. The maximum Gasteiger partial charge on any atom is 0.167 e. The zero-order valence-corrected chi connectivity index (χ0v) is 14.8. The van der Waals surface area contributed by atoms with E-state index in [4.69, 9.17) is 14.6 Å². The van der Waals surface area contributed by atoms with Crippen LogP contribution in [0.25, 0.3) is 0 Å². The molecule has 4 heteroatoms. The molecule has 134 valence electrons. The molecule has 1 saturated heterocycles. The van der Waals surface area contributed by atoms with Gasteiger partial charge in [0.05, 0.1) is 19.3 Å². The van der Waals surface area contributed by atoms with Gasteiger partial charge in [-0.15, -0.1) is 0 Å². The second kappa shape index (κ2) is 10.1. The summed E-state index contributed by atoms with van der Waals surface area (Å²) in [5.41, 5.74) is 1.91. The number of ether oxygens (including phenoxy) is 2. The lowest BCUT2D eigenvalue weighted by Gasteiger charge is -2.29. The molecule has 0 aliphatic carbocycles. The van der Waals surface area contributed by atoms with E-state index in [1.54, 1.807) is 19.1 Å². The number of carbonyl (C=O) groups excluding carboxylic acids is 1. The van der Waals surface area contributed by atoms with Gasteiger partial charge in [-0.05, 0) is 5.56 Å². The normalized spacial score (nSPS) is 20.9. The molecule has 0 saturated carbocycles. The van der Waals surface area contributed by atoms with Crippen LogP contribution in [0.1, 0.15) is 35.9 Å². The molecule has 1 N–H and O–H groups in total. The average molecular weight is 342 g/mol. The van der Waals surface area contributed by atoms with E-state index in [1.807, 2.05) is 36.4 Å². The Morgan fingerprint density at radius 2 is 1.72 bits per heavy atom. The van der Waals surface area contributed by atoms with Crippen molar-refractivity contribution in [2.24, 2.45) is 11.8 Å². The summed E-state index contributed by atoms with van der Waals surface area (Å²) in [6.45, 7) is 4.99. The van der Waals surface area contributed by atoms with Crippen LogP contribution in [0.5, 0.6) is 0 Å². The van der Waals surface area contributed by atoms with E-state index in [-0.39, 0.29) is 24.4 Å². The predicted octanol–water partition coefficient (Wildman–Crippen LogP) is 3.87. The lowest BCUT2D eigenvalue weighted by atomic mass is 9.97. The second-order valence-electron chi connectivity index (χ2n) is 6.28. The van der Waals surface area contributed by atoms with Gasteiger partial charge in [0, 0.05) is 17.4 Å². The molecule has 0 aromatic heterocycles. The summed E-state index contributed by atoms with van der Waals surface area (Å²) >= 11 is 0. The number of hydrogen-bond acceptors (Lipinski definition) is 4. The van der Waals surface area contributed by atoms with Gasteiger partial charge in [0.1, 0.15) is 6.79 Å². The Labute approximate surface area is 149 Å².